The highest BCUT2D eigenvalue weighted by molar-refractivity contribution is 5.97. The van der Waals surface area contributed by atoms with Crippen LogP contribution < -0.4 is 10.2 Å². The van der Waals surface area contributed by atoms with Crippen LogP contribution in [0.5, 0.6) is 0 Å². The van der Waals surface area contributed by atoms with Gasteiger partial charge in [-0.1, -0.05) is 30.3 Å². The second kappa shape index (κ2) is 8.49. The van der Waals surface area contributed by atoms with Gasteiger partial charge in [0, 0.05) is 31.6 Å². The van der Waals surface area contributed by atoms with Gasteiger partial charge in [-0.3, -0.25) is 9.59 Å². The average molecular weight is 366 g/mol. The fourth-order valence-corrected chi connectivity index (χ4v) is 3.20. The Morgan fingerprint density at radius 1 is 1.04 bits per heavy atom. The smallest absolute Gasteiger partial charge is 0.335 e. The van der Waals surface area contributed by atoms with Crippen molar-refractivity contribution >= 4 is 23.5 Å². The minimum atomic E-state index is -0.955. The fourth-order valence-electron chi connectivity index (χ4n) is 3.20. The van der Waals surface area contributed by atoms with Crippen molar-refractivity contribution in [2.45, 2.75) is 25.7 Å². The Morgan fingerprint density at radius 2 is 1.78 bits per heavy atom. The molecule has 0 unspecified atom stereocenters. The van der Waals surface area contributed by atoms with Crippen LogP contribution in [-0.4, -0.2) is 36.0 Å². The maximum Gasteiger partial charge on any atom is 0.335 e. The molecule has 1 aliphatic heterocycles. The predicted octanol–water partition coefficient (Wildman–Crippen LogP) is 2.41. The number of carboxylic acid groups (broad SMARTS) is 1. The first-order valence-corrected chi connectivity index (χ1v) is 9.02. The molecule has 0 bridgehead atoms. The van der Waals surface area contributed by atoms with Gasteiger partial charge in [0.1, 0.15) is 0 Å². The molecule has 27 heavy (non-hydrogen) atoms. The standard InChI is InChI=1S/C21H22N2O4/c24-19(22-13-11-15-5-7-17(8-6-15)21(26)27)12-14-23-18-4-2-1-3-16(18)9-10-20(23)25/h1-8H,9-14H2,(H,22,24)(H,26,27). The number of carboxylic acids is 1. The average Bonchev–Trinajstić information content (AvgIpc) is 2.67. The first-order chi connectivity index (χ1) is 13.0. The number of amides is 2. The lowest BCUT2D eigenvalue weighted by atomic mass is 10.0. The number of rotatable bonds is 7. The number of carbonyl (C=O) groups is 3. The zero-order chi connectivity index (χ0) is 19.2. The second-order valence-electron chi connectivity index (χ2n) is 6.53. The van der Waals surface area contributed by atoms with E-state index in [1.165, 1.54) is 0 Å². The summed E-state index contributed by atoms with van der Waals surface area (Å²) < 4.78 is 0. The number of carbonyl (C=O) groups excluding carboxylic acids is 2. The summed E-state index contributed by atoms with van der Waals surface area (Å²) in [4.78, 5) is 36.8. The van der Waals surface area contributed by atoms with Gasteiger partial charge in [-0.2, -0.15) is 0 Å². The monoisotopic (exact) mass is 366 g/mol. The molecule has 0 atom stereocenters. The van der Waals surface area contributed by atoms with Crippen LogP contribution in [0.15, 0.2) is 48.5 Å². The van der Waals surface area contributed by atoms with Gasteiger partial charge in [0.25, 0.3) is 0 Å². The normalized spacial score (nSPS) is 13.2. The van der Waals surface area contributed by atoms with Gasteiger partial charge >= 0.3 is 5.97 Å². The molecule has 3 rings (SSSR count). The number of hydrogen-bond acceptors (Lipinski definition) is 3. The van der Waals surface area contributed by atoms with E-state index in [-0.39, 0.29) is 23.8 Å². The third-order valence-electron chi connectivity index (χ3n) is 4.69. The van der Waals surface area contributed by atoms with E-state index in [0.717, 1.165) is 23.2 Å². The molecule has 0 aromatic heterocycles. The lowest BCUT2D eigenvalue weighted by molar-refractivity contribution is -0.121. The number of anilines is 1. The highest BCUT2D eigenvalue weighted by atomic mass is 16.4. The Hall–Kier alpha value is -3.15. The lowest BCUT2D eigenvalue weighted by Gasteiger charge is -2.29. The molecule has 0 fully saturated rings. The number of para-hydroxylation sites is 1. The van der Waals surface area contributed by atoms with Crippen LogP contribution in [0.3, 0.4) is 0 Å². The largest absolute Gasteiger partial charge is 0.478 e. The fraction of sp³-hybridized carbons (Fsp3) is 0.286. The van der Waals surface area contributed by atoms with Gasteiger partial charge in [0.2, 0.25) is 11.8 Å². The van der Waals surface area contributed by atoms with Gasteiger partial charge < -0.3 is 15.3 Å². The number of nitrogens with one attached hydrogen (secondary N) is 1. The third kappa shape index (κ3) is 4.73. The van der Waals surface area contributed by atoms with Gasteiger partial charge in [-0.25, -0.2) is 4.79 Å². The van der Waals surface area contributed by atoms with Crippen molar-refractivity contribution in [3.8, 4) is 0 Å². The van der Waals surface area contributed by atoms with Gasteiger partial charge in [-0.05, 0) is 42.2 Å². The van der Waals surface area contributed by atoms with E-state index in [1.54, 1.807) is 29.2 Å². The molecule has 6 nitrogen and oxygen atoms in total. The third-order valence-corrected chi connectivity index (χ3v) is 4.69. The van der Waals surface area contributed by atoms with Crippen molar-refractivity contribution in [2.75, 3.05) is 18.0 Å². The molecule has 0 saturated carbocycles. The maximum atomic E-state index is 12.2. The molecule has 0 radical (unpaired) electrons. The Morgan fingerprint density at radius 3 is 2.52 bits per heavy atom. The zero-order valence-electron chi connectivity index (χ0n) is 15.0. The highest BCUT2D eigenvalue weighted by Gasteiger charge is 2.23. The molecule has 6 heteroatoms. The van der Waals surface area contributed by atoms with E-state index in [4.69, 9.17) is 5.11 Å². The zero-order valence-corrected chi connectivity index (χ0v) is 15.0. The summed E-state index contributed by atoms with van der Waals surface area (Å²) in [5.74, 6) is -1.00. The van der Waals surface area contributed by atoms with Crippen LogP contribution in [0, 0.1) is 0 Å². The molecule has 1 heterocycles. The lowest BCUT2D eigenvalue weighted by Crippen LogP contribution is -2.38. The summed E-state index contributed by atoms with van der Waals surface area (Å²) in [6.07, 6.45) is 2.10. The first-order valence-electron chi connectivity index (χ1n) is 9.02. The quantitative estimate of drug-likeness (QED) is 0.788. The van der Waals surface area contributed by atoms with E-state index >= 15 is 0 Å². The molecule has 2 aromatic carbocycles. The van der Waals surface area contributed by atoms with Crippen molar-refractivity contribution in [1.82, 2.24) is 5.32 Å². The van der Waals surface area contributed by atoms with E-state index in [2.05, 4.69) is 5.32 Å². The van der Waals surface area contributed by atoms with Gasteiger partial charge in [0.05, 0.1) is 5.56 Å². The Kier molecular flexibility index (Phi) is 5.86. The van der Waals surface area contributed by atoms with E-state index in [1.807, 2.05) is 24.3 Å². The summed E-state index contributed by atoms with van der Waals surface area (Å²) in [7, 11) is 0. The summed E-state index contributed by atoms with van der Waals surface area (Å²) in [6.45, 7) is 0.838. The topological polar surface area (TPSA) is 86.7 Å². The first kappa shape index (κ1) is 18.6. The number of hydrogen-bond donors (Lipinski definition) is 2. The molecule has 0 aliphatic carbocycles. The predicted molar refractivity (Wildman–Crippen MR) is 102 cm³/mol. The van der Waals surface area contributed by atoms with Crippen molar-refractivity contribution in [1.29, 1.82) is 0 Å². The molecule has 140 valence electrons. The molecule has 2 N–H and O–H groups in total. The van der Waals surface area contributed by atoms with Crippen molar-refractivity contribution in [2.24, 2.45) is 0 Å². The van der Waals surface area contributed by atoms with E-state index in [0.29, 0.717) is 25.9 Å². The molecular formula is C21H22N2O4. The van der Waals surface area contributed by atoms with Gasteiger partial charge in [0.15, 0.2) is 0 Å². The summed E-state index contributed by atoms with van der Waals surface area (Å²) >= 11 is 0. The number of nitrogens with zero attached hydrogens (tertiary/aromatic N) is 1. The number of aryl methyl sites for hydroxylation is 1. The minimum Gasteiger partial charge on any atom is -0.478 e. The number of benzene rings is 2. The molecule has 0 saturated heterocycles. The SMILES string of the molecule is O=C(CCN1C(=O)CCc2ccccc21)NCCc1ccc(C(=O)O)cc1. The van der Waals surface area contributed by atoms with Crippen LogP contribution in [-0.2, 0) is 22.4 Å². The van der Waals surface area contributed by atoms with E-state index in [9.17, 15) is 14.4 Å². The molecule has 0 spiro atoms. The molecular weight excluding hydrogens is 344 g/mol. The van der Waals surface area contributed by atoms with Crippen molar-refractivity contribution < 1.29 is 19.5 Å². The Bertz CT molecular complexity index is 846. The molecule has 1 aliphatic rings. The van der Waals surface area contributed by atoms with Crippen molar-refractivity contribution in [3.63, 3.8) is 0 Å². The van der Waals surface area contributed by atoms with Crippen LogP contribution in [0.2, 0.25) is 0 Å². The van der Waals surface area contributed by atoms with Gasteiger partial charge in [-0.15, -0.1) is 0 Å². The van der Waals surface area contributed by atoms with E-state index < -0.39 is 5.97 Å². The molecule has 2 amide bonds. The van der Waals surface area contributed by atoms with Crippen LogP contribution >= 0.6 is 0 Å². The summed E-state index contributed by atoms with van der Waals surface area (Å²) in [5, 5.41) is 11.7. The highest BCUT2D eigenvalue weighted by Crippen LogP contribution is 2.27. The Labute approximate surface area is 157 Å². The van der Waals surface area contributed by atoms with Crippen molar-refractivity contribution in [3.05, 3.63) is 65.2 Å². The summed E-state index contributed by atoms with van der Waals surface area (Å²) in [6, 6.07) is 14.4. The van der Waals surface area contributed by atoms with Crippen LogP contribution in [0.25, 0.3) is 0 Å². The van der Waals surface area contributed by atoms with Crippen LogP contribution in [0.1, 0.15) is 34.3 Å². The molecule has 2 aromatic rings. The number of fused-ring (bicyclic) bond motifs is 1. The minimum absolute atomic E-state index is 0.0556. The maximum absolute atomic E-state index is 12.2. The summed E-state index contributed by atoms with van der Waals surface area (Å²) in [5.41, 5.74) is 3.25. The Balaban J connectivity index is 1.46. The number of aromatic carboxylic acids is 1. The second-order valence-corrected chi connectivity index (χ2v) is 6.53. The van der Waals surface area contributed by atoms with Crippen LogP contribution in [0.4, 0.5) is 5.69 Å².